The Morgan fingerprint density at radius 3 is 2.62 bits per heavy atom. The van der Waals surface area contributed by atoms with Crippen molar-refractivity contribution in [3.63, 3.8) is 0 Å². The minimum absolute atomic E-state index is 0.0575. The summed E-state index contributed by atoms with van der Waals surface area (Å²) in [5.74, 6) is 0.0575. The Bertz CT molecular complexity index is 523. The first kappa shape index (κ1) is 14.6. The van der Waals surface area contributed by atoms with Gasteiger partial charge in [-0.25, -0.2) is 0 Å². The number of nitrogens with one attached hydrogen (secondary N) is 1. The lowest BCUT2D eigenvalue weighted by molar-refractivity contribution is -0.0107. The van der Waals surface area contributed by atoms with Gasteiger partial charge in [0.05, 0.1) is 17.2 Å². The van der Waals surface area contributed by atoms with Crippen molar-refractivity contribution >= 4 is 5.91 Å². The Labute approximate surface area is 126 Å². The third kappa shape index (κ3) is 2.61. The zero-order valence-electron chi connectivity index (χ0n) is 13.3. The van der Waals surface area contributed by atoms with Gasteiger partial charge in [-0.2, -0.15) is 0 Å². The molecule has 4 heteroatoms. The monoisotopic (exact) mass is 290 g/mol. The van der Waals surface area contributed by atoms with Crippen LogP contribution in [-0.2, 0) is 4.74 Å². The molecule has 0 aromatic carbocycles. The fourth-order valence-corrected chi connectivity index (χ4v) is 3.51. The van der Waals surface area contributed by atoms with Crippen LogP contribution in [0.2, 0.25) is 0 Å². The smallest absolute Gasteiger partial charge is 0.253 e. The molecule has 1 aromatic rings. The van der Waals surface area contributed by atoms with Crippen LogP contribution in [0.4, 0.5) is 0 Å². The highest BCUT2D eigenvalue weighted by atomic mass is 16.5. The van der Waals surface area contributed by atoms with Crippen LogP contribution in [-0.4, -0.2) is 28.7 Å². The molecule has 1 atom stereocenters. The van der Waals surface area contributed by atoms with Crippen LogP contribution in [0.1, 0.15) is 67.9 Å². The maximum absolute atomic E-state index is 12.7. The van der Waals surface area contributed by atoms with Crippen LogP contribution in [0.3, 0.4) is 0 Å². The molecule has 1 unspecified atom stereocenters. The second-order valence-corrected chi connectivity index (χ2v) is 6.86. The van der Waals surface area contributed by atoms with Gasteiger partial charge in [-0.05, 0) is 58.4 Å². The number of aryl methyl sites for hydroxylation is 1. The fraction of sp³-hybridized carbons (Fsp3) is 0.706. The standard InChI is InChI=1S/C17H26N2O2/c1-12(2)19-10-13(3)14(11-19)16(20)18-17(7-5-8-17)15-6-4-9-21-15/h10-12,15H,4-9H2,1-3H3,(H,18,20). The molecule has 4 nitrogen and oxygen atoms in total. The number of aromatic nitrogens is 1. The molecule has 116 valence electrons. The molecule has 0 bridgehead atoms. The number of nitrogens with zero attached hydrogens (tertiary/aromatic N) is 1. The topological polar surface area (TPSA) is 43.3 Å². The van der Waals surface area contributed by atoms with Crippen LogP contribution in [0, 0.1) is 6.92 Å². The van der Waals surface area contributed by atoms with E-state index in [0.29, 0.717) is 6.04 Å². The predicted octanol–water partition coefficient (Wildman–Crippen LogP) is 3.21. The van der Waals surface area contributed by atoms with E-state index in [1.807, 2.05) is 13.1 Å². The minimum atomic E-state index is -0.111. The van der Waals surface area contributed by atoms with E-state index in [1.54, 1.807) is 0 Å². The summed E-state index contributed by atoms with van der Waals surface area (Å²) in [6, 6.07) is 0.376. The van der Waals surface area contributed by atoms with Gasteiger partial charge < -0.3 is 14.6 Å². The lowest BCUT2D eigenvalue weighted by Crippen LogP contribution is -2.60. The summed E-state index contributed by atoms with van der Waals surface area (Å²) >= 11 is 0. The minimum Gasteiger partial charge on any atom is -0.376 e. The third-order valence-corrected chi connectivity index (χ3v) is 5.04. The van der Waals surface area contributed by atoms with Crippen LogP contribution in [0.15, 0.2) is 12.4 Å². The Morgan fingerprint density at radius 2 is 2.14 bits per heavy atom. The largest absolute Gasteiger partial charge is 0.376 e. The average Bonchev–Trinajstić information content (AvgIpc) is 3.02. The van der Waals surface area contributed by atoms with Crippen LogP contribution in [0.25, 0.3) is 0 Å². The normalized spacial score (nSPS) is 24.1. The van der Waals surface area contributed by atoms with Gasteiger partial charge in [0, 0.05) is 25.0 Å². The molecule has 1 saturated carbocycles. The number of rotatable bonds is 4. The van der Waals surface area contributed by atoms with Gasteiger partial charge in [-0.1, -0.05) is 0 Å². The van der Waals surface area contributed by atoms with E-state index in [9.17, 15) is 4.79 Å². The van der Waals surface area contributed by atoms with Gasteiger partial charge in [0.1, 0.15) is 0 Å². The van der Waals surface area contributed by atoms with Crippen molar-refractivity contribution in [2.45, 2.75) is 70.6 Å². The molecule has 2 aliphatic rings. The highest BCUT2D eigenvalue weighted by molar-refractivity contribution is 5.96. The van der Waals surface area contributed by atoms with Crippen LogP contribution < -0.4 is 5.32 Å². The summed E-state index contributed by atoms with van der Waals surface area (Å²) in [6.07, 6.45) is 9.71. The second-order valence-electron chi connectivity index (χ2n) is 6.86. The van der Waals surface area contributed by atoms with Gasteiger partial charge >= 0.3 is 0 Å². The molecule has 1 N–H and O–H groups in total. The maximum atomic E-state index is 12.7. The summed E-state index contributed by atoms with van der Waals surface area (Å²) < 4.78 is 7.95. The van der Waals surface area contributed by atoms with E-state index in [-0.39, 0.29) is 17.6 Å². The summed E-state index contributed by atoms with van der Waals surface area (Å²) in [5.41, 5.74) is 1.73. The van der Waals surface area contributed by atoms with Crippen molar-refractivity contribution < 1.29 is 9.53 Å². The number of amides is 1. The summed E-state index contributed by atoms with van der Waals surface area (Å²) in [4.78, 5) is 12.7. The fourth-order valence-electron chi connectivity index (χ4n) is 3.51. The third-order valence-electron chi connectivity index (χ3n) is 5.04. The van der Waals surface area contributed by atoms with E-state index in [2.05, 4.69) is 29.9 Å². The van der Waals surface area contributed by atoms with Crippen LogP contribution in [0.5, 0.6) is 0 Å². The lowest BCUT2D eigenvalue weighted by atomic mass is 9.71. The number of hydrogen-bond donors (Lipinski definition) is 1. The molecule has 0 radical (unpaired) electrons. The van der Waals surface area contributed by atoms with Crippen molar-refractivity contribution in [1.29, 1.82) is 0 Å². The van der Waals surface area contributed by atoms with Crippen molar-refractivity contribution in [3.8, 4) is 0 Å². The van der Waals surface area contributed by atoms with Gasteiger partial charge in [0.15, 0.2) is 0 Å². The van der Waals surface area contributed by atoms with Gasteiger partial charge in [-0.15, -0.1) is 0 Å². The zero-order valence-corrected chi connectivity index (χ0v) is 13.3. The first-order valence-electron chi connectivity index (χ1n) is 8.14. The Kier molecular flexibility index (Phi) is 3.82. The molecule has 1 amide bonds. The molecule has 1 aliphatic carbocycles. The molecule has 21 heavy (non-hydrogen) atoms. The molecule has 1 aliphatic heterocycles. The molecule has 1 saturated heterocycles. The van der Waals surface area contributed by atoms with Crippen molar-refractivity contribution in [2.24, 2.45) is 0 Å². The highest BCUT2D eigenvalue weighted by Gasteiger charge is 2.47. The Balaban J connectivity index is 1.76. The Hall–Kier alpha value is -1.29. The molecule has 3 rings (SSSR count). The van der Waals surface area contributed by atoms with E-state index in [4.69, 9.17) is 4.74 Å². The SMILES string of the molecule is Cc1cn(C(C)C)cc1C(=O)NC1(C2CCCO2)CCC1. The Morgan fingerprint density at radius 1 is 1.38 bits per heavy atom. The number of ether oxygens (including phenoxy) is 1. The summed E-state index contributed by atoms with van der Waals surface area (Å²) in [7, 11) is 0. The second kappa shape index (κ2) is 5.48. The van der Waals surface area contributed by atoms with E-state index >= 15 is 0 Å². The molecular weight excluding hydrogens is 264 g/mol. The molecular formula is C17H26N2O2. The van der Waals surface area contributed by atoms with Crippen molar-refractivity contribution in [1.82, 2.24) is 9.88 Å². The summed E-state index contributed by atoms with van der Waals surface area (Å²) in [6.45, 7) is 7.10. The first-order chi connectivity index (χ1) is 10.0. The highest BCUT2D eigenvalue weighted by Crippen LogP contribution is 2.40. The van der Waals surface area contributed by atoms with E-state index in [1.165, 1.54) is 6.42 Å². The number of hydrogen-bond acceptors (Lipinski definition) is 2. The van der Waals surface area contributed by atoms with Gasteiger partial charge in [0.2, 0.25) is 0 Å². The maximum Gasteiger partial charge on any atom is 0.253 e. The molecule has 2 heterocycles. The van der Waals surface area contributed by atoms with Gasteiger partial charge in [-0.3, -0.25) is 4.79 Å². The van der Waals surface area contributed by atoms with Gasteiger partial charge in [0.25, 0.3) is 5.91 Å². The van der Waals surface area contributed by atoms with Crippen molar-refractivity contribution in [2.75, 3.05) is 6.61 Å². The number of carbonyl (C=O) groups is 1. The van der Waals surface area contributed by atoms with E-state index < -0.39 is 0 Å². The quantitative estimate of drug-likeness (QED) is 0.925. The molecule has 0 spiro atoms. The zero-order chi connectivity index (χ0) is 15.0. The first-order valence-corrected chi connectivity index (χ1v) is 8.14. The average molecular weight is 290 g/mol. The van der Waals surface area contributed by atoms with Crippen molar-refractivity contribution in [3.05, 3.63) is 23.5 Å². The lowest BCUT2D eigenvalue weighted by Gasteiger charge is -2.46. The predicted molar refractivity (Wildman–Crippen MR) is 82.6 cm³/mol. The molecule has 2 fully saturated rings. The van der Waals surface area contributed by atoms with E-state index in [0.717, 1.165) is 43.4 Å². The molecule has 1 aromatic heterocycles. The summed E-state index contributed by atoms with van der Waals surface area (Å²) in [5, 5.41) is 3.30. The number of carbonyl (C=O) groups excluding carboxylic acids is 1. The van der Waals surface area contributed by atoms with Crippen LogP contribution >= 0.6 is 0 Å².